The molecule has 2 aliphatic carbocycles. The number of ketones is 2. The first-order valence-electron chi connectivity index (χ1n) is 6.97. The highest BCUT2D eigenvalue weighted by atomic mass is 16.1. The number of hydrogen-bond acceptors (Lipinski definition) is 2. The Morgan fingerprint density at radius 3 is 1.36 bits per heavy atom. The van der Waals surface area contributed by atoms with Crippen LogP contribution in [0, 0.1) is 0 Å². The van der Waals surface area contributed by atoms with Crippen molar-refractivity contribution in [3.63, 3.8) is 0 Å². The highest BCUT2D eigenvalue weighted by Gasteiger charge is 2.31. The van der Waals surface area contributed by atoms with E-state index in [1.54, 1.807) is 36.7 Å². The summed E-state index contributed by atoms with van der Waals surface area (Å²) in [5, 5.41) is 0. The number of fused-ring (bicyclic) bond motifs is 1. The standard InChI is InChI=1S/C18H12N2O2/c21-17-11-6-8-14(16-4-2-10-20-16)18(22)12(11)5-7-13(17)15-3-1-9-19-15/h1-10,19-20H. The third-order valence-electron chi connectivity index (χ3n) is 3.88. The average Bonchev–Trinajstić information content (AvgIpc) is 3.22. The molecule has 0 unspecified atom stereocenters. The molecule has 2 aromatic heterocycles. The number of aromatic nitrogens is 2. The molecule has 0 bridgehead atoms. The topological polar surface area (TPSA) is 65.7 Å². The van der Waals surface area contributed by atoms with Gasteiger partial charge in [-0.15, -0.1) is 0 Å². The van der Waals surface area contributed by atoms with Crippen LogP contribution in [0.2, 0.25) is 0 Å². The van der Waals surface area contributed by atoms with Crippen LogP contribution in [0.5, 0.6) is 0 Å². The zero-order valence-corrected chi connectivity index (χ0v) is 11.6. The summed E-state index contributed by atoms with van der Waals surface area (Å²) in [5.41, 5.74) is 3.56. The Hall–Kier alpha value is -3.14. The van der Waals surface area contributed by atoms with Gasteiger partial charge in [-0.25, -0.2) is 0 Å². The molecule has 0 aromatic carbocycles. The van der Waals surface area contributed by atoms with Gasteiger partial charge in [0, 0.05) is 46.1 Å². The van der Waals surface area contributed by atoms with Gasteiger partial charge in [0.05, 0.1) is 0 Å². The molecule has 2 N–H and O–H groups in total. The smallest absolute Gasteiger partial charge is 0.195 e. The fourth-order valence-electron chi connectivity index (χ4n) is 2.77. The third-order valence-corrected chi connectivity index (χ3v) is 3.88. The van der Waals surface area contributed by atoms with Gasteiger partial charge < -0.3 is 9.97 Å². The fraction of sp³-hybridized carbons (Fsp3) is 0. The normalized spacial score (nSPS) is 17.5. The van der Waals surface area contributed by atoms with E-state index in [4.69, 9.17) is 0 Å². The number of carbonyl (C=O) groups is 2. The van der Waals surface area contributed by atoms with E-state index in [2.05, 4.69) is 9.97 Å². The van der Waals surface area contributed by atoms with Gasteiger partial charge in [0.15, 0.2) is 11.6 Å². The van der Waals surface area contributed by atoms with Crippen LogP contribution in [0.1, 0.15) is 11.4 Å². The van der Waals surface area contributed by atoms with E-state index < -0.39 is 0 Å². The van der Waals surface area contributed by atoms with E-state index in [-0.39, 0.29) is 11.6 Å². The molecule has 106 valence electrons. The van der Waals surface area contributed by atoms with Gasteiger partial charge >= 0.3 is 0 Å². The number of Topliss-reactive ketones (excluding diaryl/α,β-unsaturated/α-hetero) is 2. The molecule has 0 aliphatic heterocycles. The largest absolute Gasteiger partial charge is 0.361 e. The second kappa shape index (κ2) is 4.70. The van der Waals surface area contributed by atoms with Crippen molar-refractivity contribution in [3.8, 4) is 0 Å². The molecule has 0 spiro atoms. The minimum absolute atomic E-state index is 0.130. The summed E-state index contributed by atoms with van der Waals surface area (Å²) in [4.78, 5) is 31.3. The Kier molecular flexibility index (Phi) is 2.69. The lowest BCUT2D eigenvalue weighted by molar-refractivity contribution is -0.113. The maximum absolute atomic E-state index is 12.6. The molecule has 0 radical (unpaired) electrons. The van der Waals surface area contributed by atoms with Gasteiger partial charge in [0.1, 0.15) is 0 Å². The molecule has 0 atom stereocenters. The highest BCUT2D eigenvalue weighted by Crippen LogP contribution is 2.33. The molecule has 4 rings (SSSR count). The first-order chi connectivity index (χ1) is 10.8. The summed E-state index contributed by atoms with van der Waals surface area (Å²) >= 11 is 0. The molecule has 0 saturated heterocycles. The summed E-state index contributed by atoms with van der Waals surface area (Å²) < 4.78 is 0. The van der Waals surface area contributed by atoms with Gasteiger partial charge in [-0.3, -0.25) is 9.59 Å². The van der Waals surface area contributed by atoms with Crippen molar-refractivity contribution >= 4 is 22.7 Å². The molecule has 4 nitrogen and oxygen atoms in total. The Morgan fingerprint density at radius 2 is 1.00 bits per heavy atom. The fourth-order valence-corrected chi connectivity index (χ4v) is 2.77. The number of aromatic amines is 2. The van der Waals surface area contributed by atoms with E-state index in [0.29, 0.717) is 22.3 Å². The summed E-state index contributed by atoms with van der Waals surface area (Å²) in [6, 6.07) is 7.36. The Bertz CT molecular complexity index is 813. The van der Waals surface area contributed by atoms with Gasteiger partial charge in [-0.05, 0) is 48.6 Å². The zero-order chi connectivity index (χ0) is 15.1. The predicted octanol–water partition coefficient (Wildman–Crippen LogP) is 2.83. The number of nitrogens with one attached hydrogen (secondary N) is 2. The molecule has 22 heavy (non-hydrogen) atoms. The Labute approximate surface area is 126 Å². The molecule has 0 saturated carbocycles. The van der Waals surface area contributed by atoms with Crippen LogP contribution in [-0.4, -0.2) is 21.5 Å². The van der Waals surface area contributed by atoms with Crippen molar-refractivity contribution in [1.29, 1.82) is 0 Å². The van der Waals surface area contributed by atoms with Crippen LogP contribution >= 0.6 is 0 Å². The summed E-state index contributed by atoms with van der Waals surface area (Å²) in [6.45, 7) is 0. The van der Waals surface area contributed by atoms with E-state index >= 15 is 0 Å². The third kappa shape index (κ3) is 1.78. The number of H-pyrrole nitrogens is 2. The van der Waals surface area contributed by atoms with Gasteiger partial charge in [-0.2, -0.15) is 0 Å². The molecular weight excluding hydrogens is 276 g/mol. The summed E-state index contributed by atoms with van der Waals surface area (Å²) in [6.07, 6.45) is 10.4. The second-order valence-corrected chi connectivity index (χ2v) is 5.15. The average molecular weight is 288 g/mol. The summed E-state index contributed by atoms with van der Waals surface area (Å²) in [5.74, 6) is -0.259. The highest BCUT2D eigenvalue weighted by molar-refractivity contribution is 6.41. The van der Waals surface area contributed by atoms with Gasteiger partial charge in [-0.1, -0.05) is 0 Å². The number of carbonyl (C=O) groups excluding carboxylic acids is 2. The summed E-state index contributed by atoms with van der Waals surface area (Å²) in [7, 11) is 0. The lowest BCUT2D eigenvalue weighted by Crippen LogP contribution is -2.20. The maximum atomic E-state index is 12.6. The number of rotatable bonds is 2. The molecule has 0 fully saturated rings. The van der Waals surface area contributed by atoms with E-state index in [1.165, 1.54) is 0 Å². The number of hydrogen-bond donors (Lipinski definition) is 2. The molecule has 2 aliphatic rings. The maximum Gasteiger partial charge on any atom is 0.195 e. The quantitative estimate of drug-likeness (QED) is 0.892. The van der Waals surface area contributed by atoms with Crippen LogP contribution < -0.4 is 0 Å². The predicted molar refractivity (Wildman–Crippen MR) is 83.7 cm³/mol. The number of allylic oxidation sites excluding steroid dienone is 8. The van der Waals surface area contributed by atoms with Crippen molar-refractivity contribution in [1.82, 2.24) is 9.97 Å². The second-order valence-electron chi connectivity index (χ2n) is 5.15. The SMILES string of the molecule is O=C1C2=CC=C(c3ccc[nH]3)C(=O)C2=CC=C1c1ccc[nH]1. The van der Waals surface area contributed by atoms with Gasteiger partial charge in [0.2, 0.25) is 0 Å². The van der Waals surface area contributed by atoms with E-state index in [0.717, 1.165) is 11.4 Å². The minimum Gasteiger partial charge on any atom is -0.361 e. The Balaban J connectivity index is 1.79. The van der Waals surface area contributed by atoms with Crippen LogP contribution in [0.4, 0.5) is 0 Å². The van der Waals surface area contributed by atoms with E-state index in [9.17, 15) is 9.59 Å². The van der Waals surface area contributed by atoms with Crippen molar-refractivity contribution < 1.29 is 9.59 Å². The van der Waals surface area contributed by atoms with Crippen LogP contribution in [0.15, 0.2) is 72.1 Å². The monoisotopic (exact) mass is 288 g/mol. The van der Waals surface area contributed by atoms with Crippen LogP contribution in [0.3, 0.4) is 0 Å². The molecular formula is C18H12N2O2. The molecule has 4 heteroatoms. The molecule has 0 amide bonds. The first kappa shape index (κ1) is 12.6. The van der Waals surface area contributed by atoms with Crippen molar-refractivity contribution in [2.45, 2.75) is 0 Å². The van der Waals surface area contributed by atoms with Crippen molar-refractivity contribution in [3.05, 3.63) is 83.5 Å². The molecule has 2 heterocycles. The Morgan fingerprint density at radius 1 is 0.591 bits per heavy atom. The van der Waals surface area contributed by atoms with Crippen LogP contribution in [-0.2, 0) is 9.59 Å². The lowest BCUT2D eigenvalue weighted by Gasteiger charge is -2.19. The first-order valence-corrected chi connectivity index (χ1v) is 6.97. The molecule has 2 aromatic rings. The minimum atomic E-state index is -0.130. The van der Waals surface area contributed by atoms with Crippen molar-refractivity contribution in [2.75, 3.05) is 0 Å². The zero-order valence-electron chi connectivity index (χ0n) is 11.6. The van der Waals surface area contributed by atoms with Crippen molar-refractivity contribution in [2.24, 2.45) is 0 Å². The van der Waals surface area contributed by atoms with Gasteiger partial charge in [0.25, 0.3) is 0 Å². The van der Waals surface area contributed by atoms with Crippen LogP contribution in [0.25, 0.3) is 11.1 Å². The van der Waals surface area contributed by atoms with E-state index in [1.807, 2.05) is 24.3 Å². The lowest BCUT2D eigenvalue weighted by atomic mass is 9.82.